The van der Waals surface area contributed by atoms with E-state index in [1.165, 1.54) is 18.6 Å². The Morgan fingerprint density at radius 2 is 2.15 bits per heavy atom. The Kier molecular flexibility index (Phi) is 4.94. The Balaban J connectivity index is 2.16. The third kappa shape index (κ3) is 3.65. The van der Waals surface area contributed by atoms with Crippen molar-refractivity contribution in [1.29, 1.82) is 0 Å². The van der Waals surface area contributed by atoms with Crippen LogP contribution in [0.5, 0.6) is 0 Å². The highest BCUT2D eigenvalue weighted by atomic mass is 35.5. The van der Waals surface area contributed by atoms with Crippen molar-refractivity contribution < 1.29 is 8.42 Å². The van der Waals surface area contributed by atoms with Gasteiger partial charge in [-0.25, -0.2) is 13.1 Å². The van der Waals surface area contributed by atoms with Crippen molar-refractivity contribution in [3.63, 3.8) is 0 Å². The lowest BCUT2D eigenvalue weighted by molar-refractivity contribution is 0.301. The van der Waals surface area contributed by atoms with E-state index in [9.17, 15) is 8.42 Å². The first-order valence-corrected chi connectivity index (χ1v) is 8.86. The second-order valence-electron chi connectivity index (χ2n) is 5.44. The van der Waals surface area contributed by atoms with E-state index in [4.69, 9.17) is 17.3 Å². The standard InChI is InChI=1S/C14H21ClN2O2S/c1-2-10-4-3-5-12(8-10)17-20(18,19)14-9-11(15)6-7-13(14)16/h6-7,9-10,12,17H,2-5,8,16H2,1H3. The number of nitrogen functional groups attached to an aromatic ring is 1. The van der Waals surface area contributed by atoms with Gasteiger partial charge < -0.3 is 5.73 Å². The van der Waals surface area contributed by atoms with Crippen LogP contribution < -0.4 is 10.5 Å². The molecule has 1 saturated carbocycles. The summed E-state index contributed by atoms with van der Waals surface area (Å²) in [6, 6.07) is 4.51. The Bertz CT molecular complexity index is 575. The molecule has 1 aromatic rings. The largest absolute Gasteiger partial charge is 0.398 e. The van der Waals surface area contributed by atoms with E-state index >= 15 is 0 Å². The van der Waals surface area contributed by atoms with Gasteiger partial charge in [-0.1, -0.05) is 37.8 Å². The van der Waals surface area contributed by atoms with Crippen LogP contribution in [0.25, 0.3) is 0 Å². The van der Waals surface area contributed by atoms with Gasteiger partial charge in [-0.3, -0.25) is 0 Å². The predicted molar refractivity (Wildman–Crippen MR) is 82.2 cm³/mol. The van der Waals surface area contributed by atoms with Crippen LogP contribution in [-0.4, -0.2) is 14.5 Å². The summed E-state index contributed by atoms with van der Waals surface area (Å²) >= 11 is 5.86. The number of nitrogens with one attached hydrogen (secondary N) is 1. The lowest BCUT2D eigenvalue weighted by atomic mass is 9.85. The van der Waals surface area contributed by atoms with Crippen molar-refractivity contribution in [2.75, 3.05) is 5.73 Å². The molecule has 0 bridgehead atoms. The van der Waals surface area contributed by atoms with Gasteiger partial charge in [0.05, 0.1) is 5.69 Å². The number of halogens is 1. The van der Waals surface area contributed by atoms with Gasteiger partial charge in [0, 0.05) is 11.1 Å². The summed E-state index contributed by atoms with van der Waals surface area (Å²) in [6.45, 7) is 2.15. The van der Waals surface area contributed by atoms with E-state index in [2.05, 4.69) is 11.6 Å². The smallest absolute Gasteiger partial charge is 0.242 e. The molecule has 6 heteroatoms. The Morgan fingerprint density at radius 1 is 1.40 bits per heavy atom. The molecule has 20 heavy (non-hydrogen) atoms. The predicted octanol–water partition coefficient (Wildman–Crippen LogP) is 3.17. The molecular formula is C14H21ClN2O2S. The summed E-state index contributed by atoms with van der Waals surface area (Å²) in [4.78, 5) is 0.0728. The first-order valence-electron chi connectivity index (χ1n) is 6.99. The summed E-state index contributed by atoms with van der Waals surface area (Å²) in [6.07, 6.45) is 5.13. The maximum absolute atomic E-state index is 12.4. The van der Waals surface area contributed by atoms with Crippen LogP contribution >= 0.6 is 11.6 Å². The molecule has 1 aliphatic rings. The fourth-order valence-electron chi connectivity index (χ4n) is 2.79. The van der Waals surface area contributed by atoms with E-state index in [0.717, 1.165) is 25.7 Å². The zero-order chi connectivity index (χ0) is 14.8. The number of sulfonamides is 1. The average Bonchev–Trinajstić information content (AvgIpc) is 2.41. The molecule has 4 nitrogen and oxygen atoms in total. The number of hydrogen-bond acceptors (Lipinski definition) is 3. The summed E-state index contributed by atoms with van der Waals surface area (Å²) in [5, 5.41) is 0.370. The van der Waals surface area contributed by atoms with Crippen LogP contribution in [0.15, 0.2) is 23.1 Å². The molecule has 2 rings (SSSR count). The molecule has 0 radical (unpaired) electrons. The third-order valence-electron chi connectivity index (χ3n) is 3.95. The maximum Gasteiger partial charge on any atom is 0.242 e. The van der Waals surface area contributed by atoms with Crippen LogP contribution in [0.2, 0.25) is 5.02 Å². The molecule has 1 fully saturated rings. The number of nitrogens with two attached hydrogens (primary N) is 1. The Morgan fingerprint density at radius 3 is 2.85 bits per heavy atom. The molecular weight excluding hydrogens is 296 g/mol. The first-order chi connectivity index (χ1) is 9.42. The van der Waals surface area contributed by atoms with Gasteiger partial charge in [0.1, 0.15) is 4.90 Å². The van der Waals surface area contributed by atoms with Gasteiger partial charge >= 0.3 is 0 Å². The SMILES string of the molecule is CCC1CCCC(NS(=O)(=O)c2cc(Cl)ccc2N)C1. The number of anilines is 1. The van der Waals surface area contributed by atoms with Crippen LogP contribution in [0.1, 0.15) is 39.0 Å². The molecule has 0 saturated heterocycles. The van der Waals surface area contributed by atoms with Gasteiger partial charge in [-0.2, -0.15) is 0 Å². The monoisotopic (exact) mass is 316 g/mol. The van der Waals surface area contributed by atoms with Crippen molar-refractivity contribution in [3.05, 3.63) is 23.2 Å². The van der Waals surface area contributed by atoms with Gasteiger partial charge in [-0.05, 0) is 37.0 Å². The second-order valence-corrected chi connectivity index (χ2v) is 7.56. The van der Waals surface area contributed by atoms with E-state index in [0.29, 0.717) is 10.9 Å². The van der Waals surface area contributed by atoms with Gasteiger partial charge in [-0.15, -0.1) is 0 Å². The zero-order valence-electron chi connectivity index (χ0n) is 11.6. The summed E-state index contributed by atoms with van der Waals surface area (Å²) < 4.78 is 27.6. The van der Waals surface area contributed by atoms with Crippen molar-refractivity contribution in [2.24, 2.45) is 5.92 Å². The van der Waals surface area contributed by atoms with E-state index in [1.807, 2.05) is 0 Å². The van der Waals surface area contributed by atoms with Crippen LogP contribution in [0.3, 0.4) is 0 Å². The van der Waals surface area contributed by atoms with Crippen molar-refractivity contribution >= 4 is 27.3 Å². The second kappa shape index (κ2) is 6.33. The van der Waals surface area contributed by atoms with E-state index in [1.54, 1.807) is 6.07 Å². The lowest BCUT2D eigenvalue weighted by Gasteiger charge is -2.29. The Hall–Kier alpha value is -0.780. The van der Waals surface area contributed by atoms with Crippen molar-refractivity contribution in [1.82, 2.24) is 4.72 Å². The van der Waals surface area contributed by atoms with Crippen LogP contribution in [0, 0.1) is 5.92 Å². The maximum atomic E-state index is 12.4. The normalized spacial score (nSPS) is 23.7. The minimum absolute atomic E-state index is 0.00270. The van der Waals surface area contributed by atoms with Crippen molar-refractivity contribution in [2.45, 2.75) is 50.0 Å². The quantitative estimate of drug-likeness (QED) is 0.838. The van der Waals surface area contributed by atoms with E-state index in [-0.39, 0.29) is 16.6 Å². The summed E-state index contributed by atoms with van der Waals surface area (Å²) in [5.74, 6) is 0.605. The summed E-state index contributed by atoms with van der Waals surface area (Å²) in [7, 11) is -3.60. The molecule has 112 valence electrons. The average molecular weight is 317 g/mol. The molecule has 0 aromatic heterocycles. The Labute approximate surface area is 125 Å². The van der Waals surface area contributed by atoms with Crippen molar-refractivity contribution in [3.8, 4) is 0 Å². The molecule has 0 aliphatic heterocycles. The highest BCUT2D eigenvalue weighted by Crippen LogP contribution is 2.29. The molecule has 2 unspecified atom stereocenters. The highest BCUT2D eigenvalue weighted by Gasteiger charge is 2.26. The molecule has 0 spiro atoms. The van der Waals surface area contributed by atoms with Gasteiger partial charge in [0.25, 0.3) is 0 Å². The first kappa shape index (κ1) is 15.6. The fourth-order valence-corrected chi connectivity index (χ4v) is 4.47. The van der Waals surface area contributed by atoms with E-state index < -0.39 is 10.0 Å². The number of rotatable bonds is 4. The van der Waals surface area contributed by atoms with Crippen LogP contribution in [-0.2, 0) is 10.0 Å². The third-order valence-corrected chi connectivity index (χ3v) is 5.76. The lowest BCUT2D eigenvalue weighted by Crippen LogP contribution is -2.38. The minimum atomic E-state index is -3.60. The molecule has 3 N–H and O–H groups in total. The molecule has 1 aliphatic carbocycles. The molecule has 1 aromatic carbocycles. The molecule has 2 atom stereocenters. The van der Waals surface area contributed by atoms with Crippen LogP contribution in [0.4, 0.5) is 5.69 Å². The van der Waals surface area contributed by atoms with Gasteiger partial charge in [0.15, 0.2) is 0 Å². The highest BCUT2D eigenvalue weighted by molar-refractivity contribution is 7.89. The fraction of sp³-hybridized carbons (Fsp3) is 0.571. The summed E-state index contributed by atoms with van der Waals surface area (Å²) in [5.41, 5.74) is 5.98. The minimum Gasteiger partial charge on any atom is -0.398 e. The topological polar surface area (TPSA) is 72.2 Å². The number of benzene rings is 1. The number of hydrogen-bond donors (Lipinski definition) is 2. The van der Waals surface area contributed by atoms with Gasteiger partial charge in [0.2, 0.25) is 10.0 Å². The molecule has 0 amide bonds. The zero-order valence-corrected chi connectivity index (χ0v) is 13.2. The molecule has 0 heterocycles.